The number of fused-ring (bicyclic) bond motifs is 3. The summed E-state index contributed by atoms with van der Waals surface area (Å²) in [6, 6.07) is 13.3. The lowest BCUT2D eigenvalue weighted by Gasteiger charge is -2.15. The standard InChI is InChI=1S/C20H16Cl2N4O/c1-12(2)27-11-18-25-24-17-10-23-20(13-6-3-4-7-14(13)21)19-15(22)8-5-9-16(19)26(17)18/h3-9H,1,10-11H2,2H3. The highest BCUT2D eigenvalue weighted by molar-refractivity contribution is 6.39. The quantitative estimate of drug-likeness (QED) is 0.582. The molecule has 0 saturated carbocycles. The van der Waals surface area contributed by atoms with Gasteiger partial charge in [-0.3, -0.25) is 9.56 Å². The Kier molecular flexibility index (Phi) is 4.72. The molecule has 4 rings (SSSR count). The number of hydrogen-bond acceptors (Lipinski definition) is 4. The average Bonchev–Trinajstić information content (AvgIpc) is 2.97. The van der Waals surface area contributed by atoms with Crippen LogP contribution in [-0.2, 0) is 17.9 Å². The Hall–Kier alpha value is -2.63. The molecule has 7 heteroatoms. The van der Waals surface area contributed by atoms with Gasteiger partial charge in [-0.25, -0.2) is 0 Å². The lowest BCUT2D eigenvalue weighted by Crippen LogP contribution is -2.11. The van der Waals surface area contributed by atoms with Gasteiger partial charge >= 0.3 is 0 Å². The Balaban J connectivity index is 1.92. The molecular weight excluding hydrogens is 383 g/mol. The Morgan fingerprint density at radius 2 is 1.89 bits per heavy atom. The monoisotopic (exact) mass is 398 g/mol. The van der Waals surface area contributed by atoms with Crippen LogP contribution in [0.2, 0.25) is 10.0 Å². The van der Waals surface area contributed by atoms with Gasteiger partial charge in [-0.15, -0.1) is 10.2 Å². The highest BCUT2D eigenvalue weighted by Gasteiger charge is 2.25. The number of ether oxygens (including phenoxy) is 1. The molecule has 0 aliphatic carbocycles. The van der Waals surface area contributed by atoms with Crippen molar-refractivity contribution in [2.24, 2.45) is 4.99 Å². The van der Waals surface area contributed by atoms with Gasteiger partial charge in [-0.2, -0.15) is 0 Å². The maximum Gasteiger partial charge on any atom is 0.175 e. The van der Waals surface area contributed by atoms with Gasteiger partial charge in [-0.1, -0.05) is 54.0 Å². The number of benzene rings is 2. The van der Waals surface area contributed by atoms with Crippen LogP contribution >= 0.6 is 23.2 Å². The molecule has 2 aromatic carbocycles. The first-order valence-electron chi connectivity index (χ1n) is 8.36. The number of rotatable bonds is 4. The molecule has 0 bridgehead atoms. The lowest BCUT2D eigenvalue weighted by molar-refractivity contribution is 0.193. The fraction of sp³-hybridized carbons (Fsp3) is 0.150. The fourth-order valence-corrected chi connectivity index (χ4v) is 3.54. The molecule has 0 atom stereocenters. The van der Waals surface area contributed by atoms with Crippen LogP contribution in [-0.4, -0.2) is 20.5 Å². The summed E-state index contributed by atoms with van der Waals surface area (Å²) in [5.41, 5.74) is 3.20. The summed E-state index contributed by atoms with van der Waals surface area (Å²) in [6.45, 7) is 6.17. The van der Waals surface area contributed by atoms with E-state index in [1.807, 2.05) is 47.0 Å². The smallest absolute Gasteiger partial charge is 0.175 e. The first-order valence-corrected chi connectivity index (χ1v) is 9.12. The minimum Gasteiger partial charge on any atom is -0.491 e. The Morgan fingerprint density at radius 3 is 2.67 bits per heavy atom. The molecule has 1 aromatic heterocycles. The normalized spacial score (nSPS) is 12.6. The van der Waals surface area contributed by atoms with Crippen LogP contribution in [0.25, 0.3) is 5.69 Å². The van der Waals surface area contributed by atoms with Gasteiger partial charge in [0.25, 0.3) is 0 Å². The molecule has 136 valence electrons. The summed E-state index contributed by atoms with van der Waals surface area (Å²) in [4.78, 5) is 4.77. The Bertz CT molecular complexity index is 1070. The number of aliphatic imine (C=N–C) groups is 1. The van der Waals surface area contributed by atoms with Crippen molar-refractivity contribution in [3.63, 3.8) is 0 Å². The van der Waals surface area contributed by atoms with E-state index in [4.69, 9.17) is 32.9 Å². The maximum atomic E-state index is 6.60. The summed E-state index contributed by atoms with van der Waals surface area (Å²) in [7, 11) is 0. The summed E-state index contributed by atoms with van der Waals surface area (Å²) >= 11 is 13.0. The van der Waals surface area contributed by atoms with Crippen molar-refractivity contribution >= 4 is 28.9 Å². The molecule has 0 fully saturated rings. The van der Waals surface area contributed by atoms with Crippen molar-refractivity contribution < 1.29 is 4.74 Å². The van der Waals surface area contributed by atoms with E-state index in [1.54, 1.807) is 6.92 Å². The van der Waals surface area contributed by atoms with E-state index >= 15 is 0 Å². The van der Waals surface area contributed by atoms with Crippen LogP contribution in [0.4, 0.5) is 0 Å². The molecule has 2 heterocycles. The highest BCUT2D eigenvalue weighted by Crippen LogP contribution is 2.32. The van der Waals surface area contributed by atoms with E-state index in [-0.39, 0.29) is 6.61 Å². The fourth-order valence-electron chi connectivity index (χ4n) is 3.05. The van der Waals surface area contributed by atoms with Gasteiger partial charge in [0.2, 0.25) is 0 Å². The first-order chi connectivity index (χ1) is 13.1. The van der Waals surface area contributed by atoms with E-state index in [0.29, 0.717) is 34.0 Å². The number of aromatic nitrogens is 3. The highest BCUT2D eigenvalue weighted by atomic mass is 35.5. The third-order valence-electron chi connectivity index (χ3n) is 4.22. The molecule has 0 unspecified atom stereocenters. The molecule has 0 N–H and O–H groups in total. The molecule has 5 nitrogen and oxygen atoms in total. The van der Waals surface area contributed by atoms with E-state index in [1.165, 1.54) is 0 Å². The third kappa shape index (κ3) is 3.24. The van der Waals surface area contributed by atoms with Crippen molar-refractivity contribution in [1.82, 2.24) is 14.8 Å². The SMILES string of the molecule is C=C(C)OCc1nnc2n1-c1cccc(Cl)c1C(c1ccccc1Cl)=NC2. The van der Waals surface area contributed by atoms with E-state index in [9.17, 15) is 0 Å². The average molecular weight is 399 g/mol. The zero-order valence-electron chi connectivity index (χ0n) is 14.6. The molecule has 0 amide bonds. The van der Waals surface area contributed by atoms with Crippen molar-refractivity contribution in [3.8, 4) is 5.69 Å². The van der Waals surface area contributed by atoms with Crippen LogP contribution < -0.4 is 0 Å². The molecular formula is C20H16Cl2N4O. The second-order valence-electron chi connectivity index (χ2n) is 6.14. The van der Waals surface area contributed by atoms with Gasteiger partial charge < -0.3 is 4.74 Å². The second-order valence-corrected chi connectivity index (χ2v) is 6.95. The van der Waals surface area contributed by atoms with Crippen molar-refractivity contribution in [2.75, 3.05) is 0 Å². The summed E-state index contributed by atoms with van der Waals surface area (Å²) in [6.07, 6.45) is 0. The first kappa shape index (κ1) is 17.8. The molecule has 1 aliphatic heterocycles. The van der Waals surface area contributed by atoms with Gasteiger partial charge in [-0.05, 0) is 25.1 Å². The molecule has 0 saturated heterocycles. The van der Waals surface area contributed by atoms with Crippen molar-refractivity contribution in [2.45, 2.75) is 20.1 Å². The molecule has 0 spiro atoms. The number of nitrogens with zero attached hydrogens (tertiary/aromatic N) is 4. The number of halogens is 2. The largest absolute Gasteiger partial charge is 0.491 e. The summed E-state index contributed by atoms with van der Waals surface area (Å²) in [5.74, 6) is 1.98. The van der Waals surface area contributed by atoms with Crippen LogP contribution in [0, 0.1) is 0 Å². The minimum atomic E-state index is 0.260. The van der Waals surface area contributed by atoms with Crippen LogP contribution in [0.5, 0.6) is 0 Å². The zero-order valence-corrected chi connectivity index (χ0v) is 16.1. The molecule has 0 radical (unpaired) electrons. The summed E-state index contributed by atoms with van der Waals surface area (Å²) < 4.78 is 7.50. The minimum absolute atomic E-state index is 0.260. The molecule has 1 aliphatic rings. The van der Waals surface area contributed by atoms with Crippen molar-refractivity contribution in [1.29, 1.82) is 0 Å². The predicted octanol–water partition coefficient (Wildman–Crippen LogP) is 4.98. The molecule has 27 heavy (non-hydrogen) atoms. The number of allylic oxidation sites excluding steroid dienone is 1. The van der Waals surface area contributed by atoms with Crippen LogP contribution in [0.3, 0.4) is 0 Å². The van der Waals surface area contributed by atoms with Gasteiger partial charge in [0.05, 0.1) is 22.2 Å². The van der Waals surface area contributed by atoms with E-state index in [2.05, 4.69) is 16.8 Å². The zero-order chi connectivity index (χ0) is 19.0. The predicted molar refractivity (Wildman–Crippen MR) is 107 cm³/mol. The van der Waals surface area contributed by atoms with Gasteiger partial charge in [0.15, 0.2) is 11.6 Å². The Morgan fingerprint density at radius 1 is 1.11 bits per heavy atom. The van der Waals surface area contributed by atoms with Crippen molar-refractivity contribution in [3.05, 3.63) is 87.6 Å². The maximum absolute atomic E-state index is 6.60. The topological polar surface area (TPSA) is 52.3 Å². The van der Waals surface area contributed by atoms with Gasteiger partial charge in [0.1, 0.15) is 13.2 Å². The van der Waals surface area contributed by atoms with Crippen LogP contribution in [0.15, 0.2) is 59.8 Å². The molecule has 3 aromatic rings. The third-order valence-corrected chi connectivity index (χ3v) is 4.87. The second kappa shape index (κ2) is 7.18. The van der Waals surface area contributed by atoms with Gasteiger partial charge in [0, 0.05) is 16.1 Å². The van der Waals surface area contributed by atoms with Crippen LogP contribution in [0.1, 0.15) is 29.7 Å². The summed E-state index contributed by atoms with van der Waals surface area (Å²) in [5, 5.41) is 9.76. The lowest BCUT2D eigenvalue weighted by atomic mass is 10.00. The van der Waals surface area contributed by atoms with E-state index in [0.717, 1.165) is 22.5 Å². The van der Waals surface area contributed by atoms with E-state index < -0.39 is 0 Å². The number of hydrogen-bond donors (Lipinski definition) is 0. The Labute approximate surface area is 166 Å².